The van der Waals surface area contributed by atoms with Crippen molar-refractivity contribution in [2.24, 2.45) is 0 Å². The van der Waals surface area contributed by atoms with Crippen LogP contribution in [0, 0.1) is 0 Å². The normalized spacial score (nSPS) is 22.9. The van der Waals surface area contributed by atoms with Crippen LogP contribution in [0.4, 0.5) is 5.82 Å². The molecule has 1 aliphatic carbocycles. The number of carbonyl (C=O) groups excluding carboxylic acids is 1. The van der Waals surface area contributed by atoms with Gasteiger partial charge in [-0.25, -0.2) is 4.98 Å². The lowest BCUT2D eigenvalue weighted by molar-refractivity contribution is 0.0534. The number of carbonyl (C=O) groups is 1. The molecule has 0 aromatic carbocycles. The van der Waals surface area contributed by atoms with Gasteiger partial charge in [-0.2, -0.15) is 0 Å². The summed E-state index contributed by atoms with van der Waals surface area (Å²) in [4.78, 5) is 21.3. The second-order valence-electron chi connectivity index (χ2n) is 6.76. The first-order chi connectivity index (χ1) is 11.7. The third-order valence-electron chi connectivity index (χ3n) is 5.01. The first-order valence-electron chi connectivity index (χ1n) is 8.89. The van der Waals surface area contributed by atoms with Crippen molar-refractivity contribution >= 4 is 11.7 Å². The van der Waals surface area contributed by atoms with Crippen molar-refractivity contribution in [2.75, 3.05) is 38.3 Å². The highest BCUT2D eigenvalue weighted by molar-refractivity contribution is 5.99. The molecule has 1 aromatic rings. The quantitative estimate of drug-likeness (QED) is 0.912. The van der Waals surface area contributed by atoms with Gasteiger partial charge in [-0.05, 0) is 25.0 Å². The Kier molecular flexibility index (Phi) is 5.68. The third-order valence-corrected chi connectivity index (χ3v) is 5.01. The Balaban J connectivity index is 1.81. The lowest BCUT2D eigenvalue weighted by atomic mass is 9.94. The molecular formula is C18H27N3O3. The highest BCUT2D eigenvalue weighted by atomic mass is 16.5. The summed E-state index contributed by atoms with van der Waals surface area (Å²) in [6.07, 6.45) is 7.18. The molecule has 132 valence electrons. The monoisotopic (exact) mass is 333 g/mol. The van der Waals surface area contributed by atoms with Gasteiger partial charge in [-0.15, -0.1) is 0 Å². The van der Waals surface area contributed by atoms with Gasteiger partial charge in [0, 0.05) is 32.4 Å². The van der Waals surface area contributed by atoms with Gasteiger partial charge in [-0.1, -0.05) is 19.3 Å². The minimum absolute atomic E-state index is 0.0784. The van der Waals surface area contributed by atoms with Gasteiger partial charge in [-0.3, -0.25) is 4.79 Å². The number of hydrogen-bond acceptors (Lipinski definition) is 5. The number of amides is 1. The number of hydrogen-bond donors (Lipinski definition) is 1. The van der Waals surface area contributed by atoms with E-state index in [9.17, 15) is 9.90 Å². The van der Waals surface area contributed by atoms with Crippen LogP contribution in [0.5, 0.6) is 0 Å². The summed E-state index contributed by atoms with van der Waals surface area (Å²) in [5.74, 6) is 0.666. The molecule has 24 heavy (non-hydrogen) atoms. The summed E-state index contributed by atoms with van der Waals surface area (Å²) in [5.41, 5.74) is 0.611. The average molecular weight is 333 g/mol. The number of rotatable bonds is 3. The van der Waals surface area contributed by atoms with E-state index in [0.717, 1.165) is 18.7 Å². The van der Waals surface area contributed by atoms with Gasteiger partial charge in [0.15, 0.2) is 0 Å². The molecule has 1 aromatic heterocycles. The fraction of sp³-hybridized carbons (Fsp3) is 0.667. The summed E-state index contributed by atoms with van der Waals surface area (Å²) < 4.78 is 5.33. The van der Waals surface area contributed by atoms with Gasteiger partial charge in [0.25, 0.3) is 5.91 Å². The van der Waals surface area contributed by atoms with Crippen LogP contribution < -0.4 is 4.90 Å². The average Bonchev–Trinajstić information content (AvgIpc) is 2.85. The maximum Gasteiger partial charge on any atom is 0.257 e. The van der Waals surface area contributed by atoms with Crippen LogP contribution in [0.2, 0.25) is 0 Å². The number of pyridine rings is 1. The molecule has 2 aliphatic rings. The highest BCUT2D eigenvalue weighted by Gasteiger charge is 2.27. The standard InChI is InChI=1S/C18H27N3O3/c1-20(14-6-3-2-4-7-14)17-16(8-5-9-19-17)18(23)21-10-11-24-13-15(22)12-21/h5,8-9,14-15,22H,2-4,6-7,10-13H2,1H3/t15-/m1/s1. The molecular weight excluding hydrogens is 306 g/mol. The van der Waals surface area contributed by atoms with E-state index >= 15 is 0 Å². The fourth-order valence-corrected chi connectivity index (χ4v) is 3.63. The predicted octanol–water partition coefficient (Wildman–Crippen LogP) is 1.68. The largest absolute Gasteiger partial charge is 0.389 e. The predicted molar refractivity (Wildman–Crippen MR) is 92.2 cm³/mol. The molecule has 1 saturated carbocycles. The van der Waals surface area contributed by atoms with Crippen LogP contribution in [0.3, 0.4) is 0 Å². The molecule has 6 heteroatoms. The van der Waals surface area contributed by atoms with Crippen molar-refractivity contribution in [3.63, 3.8) is 0 Å². The minimum Gasteiger partial charge on any atom is -0.389 e. The van der Waals surface area contributed by atoms with Crippen molar-refractivity contribution in [2.45, 2.75) is 44.2 Å². The van der Waals surface area contributed by atoms with Gasteiger partial charge >= 0.3 is 0 Å². The van der Waals surface area contributed by atoms with E-state index in [1.165, 1.54) is 19.3 Å². The maximum absolute atomic E-state index is 13.0. The zero-order valence-electron chi connectivity index (χ0n) is 14.4. The van der Waals surface area contributed by atoms with E-state index in [0.29, 0.717) is 31.3 Å². The molecule has 0 spiro atoms. The summed E-state index contributed by atoms with van der Waals surface area (Å²) in [5, 5.41) is 9.89. The van der Waals surface area contributed by atoms with Gasteiger partial charge in [0.05, 0.1) is 24.9 Å². The number of ether oxygens (including phenoxy) is 1. The first kappa shape index (κ1) is 17.2. The molecule has 1 amide bonds. The number of anilines is 1. The highest BCUT2D eigenvalue weighted by Crippen LogP contribution is 2.27. The SMILES string of the molecule is CN(c1ncccc1C(=O)N1CCOC[C@H](O)C1)C1CCCCC1. The summed E-state index contributed by atoms with van der Waals surface area (Å²) in [7, 11) is 2.04. The molecule has 2 fully saturated rings. The molecule has 2 heterocycles. The lowest BCUT2D eigenvalue weighted by Crippen LogP contribution is -2.40. The Hall–Kier alpha value is -1.66. The van der Waals surface area contributed by atoms with Crippen molar-refractivity contribution < 1.29 is 14.6 Å². The molecule has 1 saturated heterocycles. The van der Waals surface area contributed by atoms with Crippen LogP contribution in [0.1, 0.15) is 42.5 Å². The Morgan fingerprint density at radius 1 is 1.38 bits per heavy atom. The molecule has 1 N–H and O–H groups in total. The van der Waals surface area contributed by atoms with E-state index in [1.807, 2.05) is 13.1 Å². The van der Waals surface area contributed by atoms with E-state index in [4.69, 9.17) is 4.74 Å². The number of aliphatic hydroxyl groups is 1. The van der Waals surface area contributed by atoms with Crippen LogP contribution in [-0.2, 0) is 4.74 Å². The van der Waals surface area contributed by atoms with Crippen molar-refractivity contribution in [1.29, 1.82) is 0 Å². The van der Waals surface area contributed by atoms with E-state index < -0.39 is 6.10 Å². The Morgan fingerprint density at radius 2 is 2.17 bits per heavy atom. The van der Waals surface area contributed by atoms with Crippen LogP contribution in [-0.4, -0.2) is 66.4 Å². The van der Waals surface area contributed by atoms with Gasteiger partial charge in [0.1, 0.15) is 5.82 Å². The fourth-order valence-electron chi connectivity index (χ4n) is 3.63. The van der Waals surface area contributed by atoms with Crippen molar-refractivity contribution in [1.82, 2.24) is 9.88 Å². The van der Waals surface area contributed by atoms with Crippen molar-refractivity contribution in [3.05, 3.63) is 23.9 Å². The lowest BCUT2D eigenvalue weighted by Gasteiger charge is -2.33. The molecule has 1 atom stereocenters. The van der Waals surface area contributed by atoms with Crippen LogP contribution in [0.25, 0.3) is 0 Å². The maximum atomic E-state index is 13.0. The molecule has 6 nitrogen and oxygen atoms in total. The number of aromatic nitrogens is 1. The van der Waals surface area contributed by atoms with E-state index in [-0.39, 0.29) is 12.5 Å². The molecule has 1 aliphatic heterocycles. The van der Waals surface area contributed by atoms with E-state index in [2.05, 4.69) is 9.88 Å². The Bertz CT molecular complexity index is 560. The van der Waals surface area contributed by atoms with E-state index in [1.54, 1.807) is 17.2 Å². The van der Waals surface area contributed by atoms with Gasteiger partial charge < -0.3 is 19.6 Å². The zero-order chi connectivity index (χ0) is 16.9. The second-order valence-corrected chi connectivity index (χ2v) is 6.76. The van der Waals surface area contributed by atoms with Gasteiger partial charge in [0.2, 0.25) is 0 Å². The Morgan fingerprint density at radius 3 is 2.96 bits per heavy atom. The number of nitrogens with zero attached hydrogens (tertiary/aromatic N) is 3. The second kappa shape index (κ2) is 7.94. The zero-order valence-corrected chi connectivity index (χ0v) is 14.4. The molecule has 0 radical (unpaired) electrons. The summed E-state index contributed by atoms with van der Waals surface area (Å²) >= 11 is 0. The minimum atomic E-state index is -0.632. The van der Waals surface area contributed by atoms with Crippen LogP contribution in [0.15, 0.2) is 18.3 Å². The first-order valence-corrected chi connectivity index (χ1v) is 8.89. The topological polar surface area (TPSA) is 65.9 Å². The molecule has 0 bridgehead atoms. The Labute approximate surface area is 143 Å². The smallest absolute Gasteiger partial charge is 0.257 e. The number of aliphatic hydroxyl groups excluding tert-OH is 1. The van der Waals surface area contributed by atoms with Crippen molar-refractivity contribution in [3.8, 4) is 0 Å². The number of β-amino-alcohol motifs (C(OH)–C–C–N with tert-alkyl or cyclic N) is 1. The summed E-state index contributed by atoms with van der Waals surface area (Å²) in [6, 6.07) is 4.08. The molecule has 0 unspecified atom stereocenters. The third kappa shape index (κ3) is 3.87. The molecule has 3 rings (SSSR count). The summed E-state index contributed by atoms with van der Waals surface area (Å²) in [6.45, 7) is 1.54. The van der Waals surface area contributed by atoms with Crippen LogP contribution >= 0.6 is 0 Å².